The Morgan fingerprint density at radius 3 is 2.54 bits per heavy atom. The number of carbonyl (C=O) groups is 1. The number of carbonyl (C=O) groups excluding carboxylic acids is 1. The molecular weight excluding hydrogens is 454 g/mol. The molecule has 1 saturated heterocycles. The highest BCUT2D eigenvalue weighted by molar-refractivity contribution is 5.98. The molecule has 3 heterocycles. The minimum atomic E-state index is -0.815. The lowest BCUT2D eigenvalue weighted by molar-refractivity contribution is 0.208. The summed E-state index contributed by atoms with van der Waals surface area (Å²) in [4.78, 5) is 25.8. The quantitative estimate of drug-likeness (QED) is 0.440. The van der Waals surface area contributed by atoms with Crippen LogP contribution >= 0.6 is 0 Å². The number of nitrogens with one attached hydrogen (secondary N) is 1. The van der Waals surface area contributed by atoms with E-state index >= 15 is 0 Å². The second-order valence-electron chi connectivity index (χ2n) is 8.32. The van der Waals surface area contributed by atoms with Crippen LogP contribution in [0.4, 0.5) is 25.1 Å². The molecule has 0 radical (unpaired) electrons. The van der Waals surface area contributed by atoms with Crippen molar-refractivity contribution < 1.29 is 18.1 Å². The van der Waals surface area contributed by atoms with Gasteiger partial charge in [0.15, 0.2) is 0 Å². The van der Waals surface area contributed by atoms with Crippen LogP contribution in [0.1, 0.15) is 19.2 Å². The summed E-state index contributed by atoms with van der Waals surface area (Å²) in [6.07, 6.45) is 1.59. The van der Waals surface area contributed by atoms with Crippen molar-refractivity contribution in [2.24, 2.45) is 0 Å². The number of halogens is 2. The van der Waals surface area contributed by atoms with Gasteiger partial charge >= 0.3 is 6.03 Å². The van der Waals surface area contributed by atoms with Crippen molar-refractivity contribution >= 4 is 28.6 Å². The molecule has 35 heavy (non-hydrogen) atoms. The fourth-order valence-electron chi connectivity index (χ4n) is 4.14. The predicted molar refractivity (Wildman–Crippen MR) is 128 cm³/mol. The summed E-state index contributed by atoms with van der Waals surface area (Å²) < 4.78 is 32.7. The number of aromatic nitrogens is 3. The number of piperazine rings is 1. The van der Waals surface area contributed by atoms with Crippen LogP contribution in [0.5, 0.6) is 0 Å². The summed E-state index contributed by atoms with van der Waals surface area (Å²) in [5.41, 5.74) is 1.95. The maximum Gasteiger partial charge on any atom is 0.322 e. The summed E-state index contributed by atoms with van der Waals surface area (Å²) in [5.74, 6) is -0.109. The third kappa shape index (κ3) is 4.64. The lowest BCUT2D eigenvalue weighted by atomic mass is 10.1. The molecule has 2 aromatic carbocycles. The molecule has 180 valence electrons. The lowest BCUT2D eigenvalue weighted by Gasteiger charge is -2.35. The van der Waals surface area contributed by atoms with Gasteiger partial charge in [0.1, 0.15) is 34.4 Å². The Kier molecular flexibility index (Phi) is 6.26. The lowest BCUT2D eigenvalue weighted by Crippen LogP contribution is -2.50. The van der Waals surface area contributed by atoms with Crippen molar-refractivity contribution in [2.45, 2.75) is 19.8 Å². The second-order valence-corrected chi connectivity index (χ2v) is 8.32. The fraction of sp³-hybridized carbons (Fsp3) is 0.280. The van der Waals surface area contributed by atoms with Gasteiger partial charge in [-0.3, -0.25) is 0 Å². The van der Waals surface area contributed by atoms with Crippen LogP contribution in [-0.2, 0) is 6.42 Å². The third-order valence-electron chi connectivity index (χ3n) is 5.92. The number of benzene rings is 2. The molecule has 1 aliphatic heterocycles. The van der Waals surface area contributed by atoms with Gasteiger partial charge in [-0.1, -0.05) is 42.4 Å². The van der Waals surface area contributed by atoms with Gasteiger partial charge in [0.25, 0.3) is 5.71 Å². The molecule has 8 nitrogen and oxygen atoms in total. The van der Waals surface area contributed by atoms with Crippen molar-refractivity contribution in [3.63, 3.8) is 0 Å². The summed E-state index contributed by atoms with van der Waals surface area (Å²) in [6.45, 7) is 3.88. The van der Waals surface area contributed by atoms with E-state index in [2.05, 4.69) is 27.3 Å². The summed E-state index contributed by atoms with van der Waals surface area (Å²) in [6, 6.07) is 12.3. The topological polar surface area (TPSA) is 87.4 Å². The zero-order chi connectivity index (χ0) is 24.4. The molecule has 1 aliphatic rings. The third-order valence-corrected chi connectivity index (χ3v) is 5.92. The van der Waals surface area contributed by atoms with Crippen LogP contribution in [0, 0.1) is 11.6 Å². The van der Waals surface area contributed by atoms with Gasteiger partial charge in [-0.05, 0) is 18.6 Å². The molecule has 2 amide bonds. The molecule has 0 bridgehead atoms. The monoisotopic (exact) mass is 478 g/mol. The molecule has 5 rings (SSSR count). The van der Waals surface area contributed by atoms with Crippen LogP contribution < -0.4 is 10.2 Å². The van der Waals surface area contributed by atoms with E-state index < -0.39 is 17.7 Å². The number of urea groups is 1. The zero-order valence-electron chi connectivity index (χ0n) is 19.2. The Hall–Kier alpha value is -4.08. The Morgan fingerprint density at radius 2 is 1.83 bits per heavy atom. The average Bonchev–Trinajstić information content (AvgIpc) is 3.30. The Labute approximate surface area is 200 Å². The number of hydrogen-bond acceptors (Lipinski definition) is 6. The molecule has 2 aromatic heterocycles. The molecule has 0 saturated carbocycles. The van der Waals surface area contributed by atoms with E-state index in [4.69, 9.17) is 9.51 Å². The Morgan fingerprint density at radius 1 is 1.06 bits per heavy atom. The van der Waals surface area contributed by atoms with Crippen LogP contribution in [0.2, 0.25) is 0 Å². The van der Waals surface area contributed by atoms with E-state index in [0.717, 1.165) is 35.3 Å². The first-order valence-corrected chi connectivity index (χ1v) is 11.5. The number of aryl methyl sites for hydroxylation is 1. The second kappa shape index (κ2) is 9.65. The maximum atomic E-state index is 13.9. The summed E-state index contributed by atoms with van der Waals surface area (Å²) in [5, 5.41) is 7.54. The number of hydrogen-bond donors (Lipinski definition) is 1. The highest BCUT2D eigenvalue weighted by Crippen LogP contribution is 2.34. The normalized spacial score (nSPS) is 13.9. The molecule has 0 spiro atoms. The maximum absolute atomic E-state index is 13.9. The number of anilines is 2. The van der Waals surface area contributed by atoms with Crippen LogP contribution in [0.3, 0.4) is 0 Å². The van der Waals surface area contributed by atoms with Crippen LogP contribution in [0.25, 0.3) is 22.4 Å². The molecule has 0 atom stereocenters. The molecule has 1 N–H and O–H groups in total. The molecule has 1 fully saturated rings. The number of amides is 2. The molecule has 0 aliphatic carbocycles. The molecule has 10 heteroatoms. The van der Waals surface area contributed by atoms with Crippen LogP contribution in [-0.4, -0.2) is 52.2 Å². The highest BCUT2D eigenvalue weighted by Gasteiger charge is 2.27. The fourth-order valence-corrected chi connectivity index (χ4v) is 4.14. The molecule has 0 unspecified atom stereocenters. The first kappa shape index (κ1) is 22.7. The molecule has 4 aromatic rings. The van der Waals surface area contributed by atoms with E-state index in [1.165, 1.54) is 6.07 Å². The number of nitrogens with zero attached hydrogens (tertiary/aromatic N) is 5. The average molecular weight is 479 g/mol. The van der Waals surface area contributed by atoms with E-state index in [9.17, 15) is 13.6 Å². The highest BCUT2D eigenvalue weighted by atomic mass is 19.1. The van der Waals surface area contributed by atoms with Gasteiger partial charge in [0.05, 0.1) is 5.69 Å². The summed E-state index contributed by atoms with van der Waals surface area (Å²) in [7, 11) is 0. The summed E-state index contributed by atoms with van der Waals surface area (Å²) >= 11 is 0. The van der Waals surface area contributed by atoms with E-state index in [0.29, 0.717) is 49.8 Å². The SMILES string of the molecule is CCCc1nc(N2CCN(C(=O)Nc3ccc(F)cc3F)CC2)c2c(-c3ccccc3)noc2n1. The van der Waals surface area contributed by atoms with Gasteiger partial charge in [-0.15, -0.1) is 0 Å². The smallest absolute Gasteiger partial charge is 0.322 e. The standard InChI is InChI=1S/C25H24F2N6O2/c1-2-6-20-29-23(21-22(31-35-24(21)30-20)16-7-4-3-5-8-16)32-11-13-33(14-12-32)25(34)28-19-10-9-17(26)15-18(19)27/h3-5,7-10,15H,2,6,11-14H2,1H3,(H,28,34). The van der Waals surface area contributed by atoms with Crippen molar-refractivity contribution in [2.75, 3.05) is 36.4 Å². The number of rotatable bonds is 5. The van der Waals surface area contributed by atoms with Gasteiger partial charge in [-0.2, -0.15) is 4.98 Å². The first-order valence-electron chi connectivity index (χ1n) is 11.5. The van der Waals surface area contributed by atoms with Crippen molar-refractivity contribution in [3.05, 3.63) is 66.0 Å². The Bertz CT molecular complexity index is 1350. The van der Waals surface area contributed by atoms with Gasteiger partial charge in [0.2, 0.25) is 0 Å². The van der Waals surface area contributed by atoms with Crippen molar-refractivity contribution in [1.29, 1.82) is 0 Å². The first-order chi connectivity index (χ1) is 17.0. The van der Waals surface area contributed by atoms with E-state index in [-0.39, 0.29) is 5.69 Å². The largest absolute Gasteiger partial charge is 0.352 e. The van der Waals surface area contributed by atoms with Crippen LogP contribution in [0.15, 0.2) is 53.1 Å². The van der Waals surface area contributed by atoms with Gasteiger partial charge in [0, 0.05) is 44.2 Å². The van der Waals surface area contributed by atoms with Gasteiger partial charge in [-0.25, -0.2) is 18.6 Å². The Balaban J connectivity index is 1.39. The predicted octanol–water partition coefficient (Wildman–Crippen LogP) is 4.87. The van der Waals surface area contributed by atoms with Crippen molar-refractivity contribution in [3.8, 4) is 11.3 Å². The zero-order valence-corrected chi connectivity index (χ0v) is 19.2. The number of fused-ring (bicyclic) bond motifs is 1. The molecular formula is C25H24F2N6O2. The van der Waals surface area contributed by atoms with E-state index in [1.54, 1.807) is 4.90 Å². The minimum absolute atomic E-state index is 0.0579. The van der Waals surface area contributed by atoms with Gasteiger partial charge < -0.3 is 19.6 Å². The van der Waals surface area contributed by atoms with Crippen molar-refractivity contribution in [1.82, 2.24) is 20.0 Å². The minimum Gasteiger partial charge on any atom is -0.352 e. The van der Waals surface area contributed by atoms with E-state index in [1.807, 2.05) is 30.3 Å².